The van der Waals surface area contributed by atoms with Crippen LogP contribution >= 0.6 is 0 Å². The van der Waals surface area contributed by atoms with Crippen LogP contribution in [0.25, 0.3) is 0 Å². The molecule has 114 valence electrons. The smallest absolute Gasteiger partial charge is 0.336 e. The maximum Gasteiger partial charge on any atom is 0.336 e. The van der Waals surface area contributed by atoms with Crippen molar-refractivity contribution >= 4 is 11.9 Å². The standard InChI is InChI=1S/C16H20O5/c1-8-11-12-15(2)9(5-4-6-10(15)14(18)20-12)7-16(11,19-3)21-13(8)17/h9-10,12H,4-7H2,1-3H3/t9-,10-,12+,15+,16+/m1/s1. The topological polar surface area (TPSA) is 61.8 Å². The number of methoxy groups -OCH3 is 1. The monoisotopic (exact) mass is 292 g/mol. The van der Waals surface area contributed by atoms with E-state index in [1.807, 2.05) is 0 Å². The Morgan fingerprint density at radius 3 is 2.76 bits per heavy atom. The van der Waals surface area contributed by atoms with Crippen LogP contribution in [0.4, 0.5) is 0 Å². The van der Waals surface area contributed by atoms with Crippen molar-refractivity contribution in [3.63, 3.8) is 0 Å². The van der Waals surface area contributed by atoms with Gasteiger partial charge in [0.25, 0.3) is 0 Å². The minimum absolute atomic E-state index is 0.0629. The number of ether oxygens (including phenoxy) is 3. The van der Waals surface area contributed by atoms with Gasteiger partial charge in [-0.3, -0.25) is 4.79 Å². The van der Waals surface area contributed by atoms with Crippen LogP contribution in [-0.2, 0) is 23.8 Å². The second-order valence-corrected chi connectivity index (χ2v) is 6.95. The predicted octanol–water partition coefficient (Wildman–Crippen LogP) is 1.95. The summed E-state index contributed by atoms with van der Waals surface area (Å²) in [6.07, 6.45) is 3.15. The van der Waals surface area contributed by atoms with E-state index in [0.29, 0.717) is 12.0 Å². The van der Waals surface area contributed by atoms with Gasteiger partial charge in [-0.25, -0.2) is 4.79 Å². The molecule has 0 aromatic heterocycles. The summed E-state index contributed by atoms with van der Waals surface area (Å²) in [6.45, 7) is 3.88. The van der Waals surface area contributed by atoms with Crippen molar-refractivity contribution in [2.24, 2.45) is 17.3 Å². The first-order valence-corrected chi connectivity index (χ1v) is 7.64. The van der Waals surface area contributed by atoms with E-state index in [-0.39, 0.29) is 35.3 Å². The summed E-state index contributed by atoms with van der Waals surface area (Å²) in [7, 11) is 1.56. The Kier molecular flexibility index (Phi) is 2.46. The van der Waals surface area contributed by atoms with E-state index in [9.17, 15) is 9.59 Å². The zero-order chi connectivity index (χ0) is 15.0. The fraction of sp³-hybridized carbons (Fsp3) is 0.750. The minimum Gasteiger partial charge on any atom is -0.457 e. The van der Waals surface area contributed by atoms with Gasteiger partial charge in [0.05, 0.1) is 11.5 Å². The van der Waals surface area contributed by atoms with Crippen LogP contribution in [0.1, 0.15) is 39.5 Å². The van der Waals surface area contributed by atoms with Crippen molar-refractivity contribution in [2.75, 3.05) is 7.11 Å². The summed E-state index contributed by atoms with van der Waals surface area (Å²) in [5, 5.41) is 0. The number of hydrogen-bond acceptors (Lipinski definition) is 5. The van der Waals surface area contributed by atoms with Gasteiger partial charge in [0.1, 0.15) is 6.10 Å². The molecule has 5 atom stereocenters. The highest BCUT2D eigenvalue weighted by Crippen LogP contribution is 2.64. The molecule has 0 spiro atoms. The van der Waals surface area contributed by atoms with Crippen molar-refractivity contribution in [2.45, 2.75) is 51.4 Å². The highest BCUT2D eigenvalue weighted by atomic mass is 16.7. The van der Waals surface area contributed by atoms with E-state index in [4.69, 9.17) is 14.2 Å². The molecule has 0 bridgehead atoms. The highest BCUT2D eigenvalue weighted by Gasteiger charge is 2.70. The first-order valence-electron chi connectivity index (χ1n) is 7.64. The van der Waals surface area contributed by atoms with Crippen LogP contribution in [0.5, 0.6) is 0 Å². The molecule has 0 radical (unpaired) electrons. The van der Waals surface area contributed by atoms with Gasteiger partial charge >= 0.3 is 11.9 Å². The summed E-state index contributed by atoms with van der Waals surface area (Å²) in [5.74, 6) is -1.29. The third kappa shape index (κ3) is 1.36. The average Bonchev–Trinajstić information content (AvgIpc) is 2.85. The first-order chi connectivity index (χ1) is 9.94. The van der Waals surface area contributed by atoms with Crippen molar-refractivity contribution in [1.82, 2.24) is 0 Å². The Morgan fingerprint density at radius 2 is 2.05 bits per heavy atom. The van der Waals surface area contributed by atoms with Gasteiger partial charge in [0, 0.05) is 24.5 Å². The van der Waals surface area contributed by atoms with E-state index in [0.717, 1.165) is 24.8 Å². The van der Waals surface area contributed by atoms with E-state index in [2.05, 4.69) is 6.92 Å². The molecule has 0 N–H and O–H groups in total. The van der Waals surface area contributed by atoms with Crippen molar-refractivity contribution < 1.29 is 23.8 Å². The van der Waals surface area contributed by atoms with E-state index in [1.165, 1.54) is 0 Å². The van der Waals surface area contributed by atoms with Crippen LogP contribution in [0, 0.1) is 17.3 Å². The molecule has 0 aromatic rings. The number of esters is 2. The lowest BCUT2D eigenvalue weighted by atomic mass is 9.53. The zero-order valence-electron chi connectivity index (χ0n) is 12.6. The van der Waals surface area contributed by atoms with Crippen LogP contribution in [0.3, 0.4) is 0 Å². The Labute approximate surface area is 123 Å². The molecule has 5 nitrogen and oxygen atoms in total. The second-order valence-electron chi connectivity index (χ2n) is 6.95. The van der Waals surface area contributed by atoms with Crippen molar-refractivity contribution in [3.05, 3.63) is 11.1 Å². The Hall–Kier alpha value is -1.36. The second kappa shape index (κ2) is 3.88. The van der Waals surface area contributed by atoms with Gasteiger partial charge in [-0.05, 0) is 25.7 Å². The molecule has 2 aliphatic carbocycles. The van der Waals surface area contributed by atoms with Gasteiger partial charge in [-0.2, -0.15) is 0 Å². The fourth-order valence-electron chi connectivity index (χ4n) is 5.04. The van der Waals surface area contributed by atoms with Crippen LogP contribution in [0.15, 0.2) is 11.1 Å². The average molecular weight is 292 g/mol. The van der Waals surface area contributed by atoms with E-state index < -0.39 is 5.79 Å². The summed E-state index contributed by atoms with van der Waals surface area (Å²) >= 11 is 0. The largest absolute Gasteiger partial charge is 0.457 e. The van der Waals surface area contributed by atoms with E-state index in [1.54, 1.807) is 14.0 Å². The Morgan fingerprint density at radius 1 is 1.29 bits per heavy atom. The quantitative estimate of drug-likeness (QED) is 0.691. The number of carbonyl (C=O) groups is 2. The van der Waals surface area contributed by atoms with Crippen LogP contribution in [-0.4, -0.2) is 30.9 Å². The molecule has 0 amide bonds. The highest BCUT2D eigenvalue weighted by molar-refractivity contribution is 5.93. The molecule has 0 aromatic carbocycles. The molecule has 2 heterocycles. The molecule has 4 aliphatic rings. The SMILES string of the molecule is CO[C@]12C[C@H]3CCC[C@@H]4C(=O)O[C@@H](C1=C(C)C(=O)O2)[C@@]34C. The molecular formula is C16H20O5. The minimum atomic E-state index is -1.03. The molecule has 1 saturated heterocycles. The molecule has 4 rings (SSSR count). The maximum absolute atomic E-state index is 12.3. The molecule has 2 saturated carbocycles. The summed E-state index contributed by atoms with van der Waals surface area (Å²) in [5.41, 5.74) is 1.05. The van der Waals surface area contributed by atoms with Gasteiger partial charge in [-0.15, -0.1) is 0 Å². The molecule has 3 fully saturated rings. The summed E-state index contributed by atoms with van der Waals surface area (Å²) in [4.78, 5) is 24.4. The van der Waals surface area contributed by atoms with Gasteiger partial charge in [0.15, 0.2) is 0 Å². The van der Waals surface area contributed by atoms with Crippen molar-refractivity contribution in [3.8, 4) is 0 Å². The number of rotatable bonds is 1. The third-order valence-electron chi connectivity index (χ3n) is 6.24. The number of hydrogen-bond donors (Lipinski definition) is 0. The lowest BCUT2D eigenvalue weighted by Gasteiger charge is -2.52. The van der Waals surface area contributed by atoms with E-state index >= 15 is 0 Å². The molecule has 5 heteroatoms. The van der Waals surface area contributed by atoms with Crippen LogP contribution < -0.4 is 0 Å². The normalized spacial score (nSPS) is 47.9. The van der Waals surface area contributed by atoms with Gasteiger partial charge in [-0.1, -0.05) is 13.3 Å². The molecule has 21 heavy (non-hydrogen) atoms. The maximum atomic E-state index is 12.3. The van der Waals surface area contributed by atoms with Gasteiger partial charge in [0.2, 0.25) is 5.79 Å². The molecule has 2 aliphatic heterocycles. The first kappa shape index (κ1) is 13.3. The predicted molar refractivity (Wildman–Crippen MR) is 72.0 cm³/mol. The molecule has 0 unspecified atom stereocenters. The Balaban J connectivity index is 1.91. The zero-order valence-corrected chi connectivity index (χ0v) is 12.6. The Bertz CT molecular complexity index is 579. The van der Waals surface area contributed by atoms with Gasteiger partial charge < -0.3 is 14.2 Å². The lowest BCUT2D eigenvalue weighted by Crippen LogP contribution is -2.56. The van der Waals surface area contributed by atoms with Crippen LogP contribution in [0.2, 0.25) is 0 Å². The fourth-order valence-corrected chi connectivity index (χ4v) is 5.04. The number of carbonyl (C=O) groups excluding carboxylic acids is 2. The van der Waals surface area contributed by atoms with Crippen molar-refractivity contribution in [1.29, 1.82) is 0 Å². The lowest BCUT2D eigenvalue weighted by molar-refractivity contribution is -0.223. The summed E-state index contributed by atoms with van der Waals surface area (Å²) in [6, 6.07) is 0. The number of fused-ring (bicyclic) bond motifs is 2. The summed E-state index contributed by atoms with van der Waals surface area (Å²) < 4.78 is 16.9. The third-order valence-corrected chi connectivity index (χ3v) is 6.24. The molecular weight excluding hydrogens is 272 g/mol.